The summed E-state index contributed by atoms with van der Waals surface area (Å²) in [6.45, 7) is 5.94. The van der Waals surface area contributed by atoms with Gasteiger partial charge in [0.1, 0.15) is 5.82 Å². The third kappa shape index (κ3) is 4.54. The highest BCUT2D eigenvalue weighted by molar-refractivity contribution is 9.10. The third-order valence-electron chi connectivity index (χ3n) is 5.86. The molecule has 0 radical (unpaired) electrons. The number of nitrogens with one attached hydrogen (secondary N) is 1. The number of carbonyl (C=O) groups is 2. The number of halogens is 3. The Balaban J connectivity index is 1.82. The van der Waals surface area contributed by atoms with Gasteiger partial charge in [-0.2, -0.15) is 0 Å². The lowest BCUT2D eigenvalue weighted by molar-refractivity contribution is -0.119. The van der Waals surface area contributed by atoms with Crippen molar-refractivity contribution in [3.05, 3.63) is 67.9 Å². The standard InChI is InChI=1S/C24H22BrCl2N3O2/c1-12-20(23(32)30-19-7-4-13(25)11-28-19)21(15-6-5-14(26)8-16(15)27)22-17(29-12)9-24(2,3)10-18(22)31/h4-8,11,20-21H,9-10H2,1-3H3,(H,28,30,32)/t20?,21-/m1/s1. The van der Waals surface area contributed by atoms with Crippen molar-refractivity contribution in [2.24, 2.45) is 16.3 Å². The Bertz CT molecular complexity index is 1170. The molecule has 166 valence electrons. The molecule has 0 fully saturated rings. The molecule has 0 spiro atoms. The van der Waals surface area contributed by atoms with Crippen LogP contribution in [0.1, 0.15) is 45.1 Å². The number of benzene rings is 1. The van der Waals surface area contributed by atoms with E-state index in [2.05, 4.69) is 40.1 Å². The first-order valence-corrected chi connectivity index (χ1v) is 11.8. The van der Waals surface area contributed by atoms with Crippen molar-refractivity contribution in [3.63, 3.8) is 0 Å². The second kappa shape index (κ2) is 8.73. The molecule has 2 heterocycles. The van der Waals surface area contributed by atoms with Crippen LogP contribution in [-0.2, 0) is 9.59 Å². The first-order valence-electron chi connectivity index (χ1n) is 10.2. The minimum absolute atomic E-state index is 0.00285. The average molecular weight is 535 g/mol. The predicted molar refractivity (Wildman–Crippen MR) is 131 cm³/mol. The minimum Gasteiger partial charge on any atom is -0.310 e. The number of aromatic nitrogens is 1. The fourth-order valence-electron chi connectivity index (χ4n) is 4.53. The average Bonchev–Trinajstić information content (AvgIpc) is 2.67. The molecule has 2 aliphatic rings. The maximum Gasteiger partial charge on any atom is 0.235 e. The number of hydrogen-bond donors (Lipinski definition) is 1. The molecule has 0 saturated carbocycles. The number of rotatable bonds is 3. The van der Waals surface area contributed by atoms with Gasteiger partial charge in [-0.1, -0.05) is 43.1 Å². The lowest BCUT2D eigenvalue weighted by atomic mass is 9.66. The summed E-state index contributed by atoms with van der Waals surface area (Å²) in [6.07, 6.45) is 2.67. The molecular weight excluding hydrogens is 513 g/mol. The zero-order chi connectivity index (χ0) is 23.2. The van der Waals surface area contributed by atoms with Gasteiger partial charge in [0.25, 0.3) is 0 Å². The lowest BCUT2D eigenvalue weighted by Crippen LogP contribution is -2.41. The van der Waals surface area contributed by atoms with Crippen molar-refractivity contribution in [3.8, 4) is 0 Å². The summed E-state index contributed by atoms with van der Waals surface area (Å²) >= 11 is 16.1. The molecule has 1 unspecified atom stereocenters. The molecule has 4 rings (SSSR count). The largest absolute Gasteiger partial charge is 0.310 e. The predicted octanol–water partition coefficient (Wildman–Crippen LogP) is 6.61. The van der Waals surface area contributed by atoms with Gasteiger partial charge < -0.3 is 5.32 Å². The highest BCUT2D eigenvalue weighted by atomic mass is 79.9. The Morgan fingerprint density at radius 2 is 1.94 bits per heavy atom. The smallest absolute Gasteiger partial charge is 0.235 e. The summed E-state index contributed by atoms with van der Waals surface area (Å²) in [6, 6.07) is 8.67. The number of pyridine rings is 1. The second-order valence-electron chi connectivity index (χ2n) is 9.03. The number of aliphatic imine (C=N–C) groups is 1. The number of nitrogens with zero attached hydrogens (tertiary/aromatic N) is 2. The van der Waals surface area contributed by atoms with Gasteiger partial charge in [-0.05, 0) is 64.5 Å². The van der Waals surface area contributed by atoms with E-state index in [1.807, 2.05) is 6.92 Å². The first-order chi connectivity index (χ1) is 15.1. The summed E-state index contributed by atoms with van der Waals surface area (Å²) in [5.74, 6) is -1.12. The maximum atomic E-state index is 13.5. The number of Topliss-reactive ketones (excluding diaryl/α,β-unsaturated/α-hetero) is 1. The topological polar surface area (TPSA) is 71.4 Å². The highest BCUT2D eigenvalue weighted by Crippen LogP contribution is 2.49. The zero-order valence-corrected chi connectivity index (χ0v) is 21.0. The van der Waals surface area contributed by atoms with Gasteiger partial charge >= 0.3 is 0 Å². The summed E-state index contributed by atoms with van der Waals surface area (Å²) in [4.78, 5) is 35.8. The van der Waals surface area contributed by atoms with Gasteiger partial charge in [0.2, 0.25) is 5.91 Å². The molecular formula is C24H22BrCl2N3O2. The van der Waals surface area contributed by atoms with E-state index in [1.165, 1.54) is 0 Å². The SMILES string of the molecule is CC1=NC2=C(C(=O)CC(C)(C)C2)[C@H](c2ccc(Cl)cc2Cl)C1C(=O)Nc1ccc(Br)cn1. The van der Waals surface area contributed by atoms with Crippen molar-refractivity contribution in [1.82, 2.24) is 4.98 Å². The van der Waals surface area contributed by atoms with Gasteiger partial charge in [-0.3, -0.25) is 14.6 Å². The van der Waals surface area contributed by atoms with Crippen molar-refractivity contribution < 1.29 is 9.59 Å². The molecule has 8 heteroatoms. The van der Waals surface area contributed by atoms with Crippen LogP contribution >= 0.6 is 39.1 Å². The fourth-order valence-corrected chi connectivity index (χ4v) is 5.29. The molecule has 2 aromatic rings. The van der Waals surface area contributed by atoms with E-state index in [9.17, 15) is 9.59 Å². The summed E-state index contributed by atoms with van der Waals surface area (Å²) < 4.78 is 0.807. The number of hydrogen-bond acceptors (Lipinski definition) is 4. The minimum atomic E-state index is -0.706. The van der Waals surface area contributed by atoms with Crippen LogP contribution in [0.3, 0.4) is 0 Å². The summed E-state index contributed by atoms with van der Waals surface area (Å²) in [5.41, 5.74) is 2.45. The van der Waals surface area contributed by atoms with Crippen LogP contribution in [0.15, 0.2) is 57.3 Å². The van der Waals surface area contributed by atoms with Crippen molar-refractivity contribution in [2.75, 3.05) is 5.32 Å². The maximum absolute atomic E-state index is 13.5. The van der Waals surface area contributed by atoms with Gasteiger partial charge in [-0.25, -0.2) is 4.98 Å². The van der Waals surface area contributed by atoms with Crippen LogP contribution in [0, 0.1) is 11.3 Å². The Morgan fingerprint density at radius 1 is 1.19 bits per heavy atom. The fraction of sp³-hybridized carbons (Fsp3) is 0.333. The third-order valence-corrected chi connectivity index (χ3v) is 6.89. The summed E-state index contributed by atoms with van der Waals surface area (Å²) in [5, 5.41) is 3.78. The molecule has 0 saturated heterocycles. The number of allylic oxidation sites excluding steroid dienone is 2. The monoisotopic (exact) mass is 533 g/mol. The van der Waals surface area contributed by atoms with Crippen LogP contribution < -0.4 is 5.32 Å². The Kier molecular flexibility index (Phi) is 6.31. The Labute approximate surface area is 205 Å². The quantitative estimate of drug-likeness (QED) is 0.481. The van der Waals surface area contributed by atoms with Crippen LogP contribution in [0.5, 0.6) is 0 Å². The number of amides is 1. The van der Waals surface area contributed by atoms with Gasteiger partial charge in [0.05, 0.1) is 5.92 Å². The lowest BCUT2D eigenvalue weighted by Gasteiger charge is -2.39. The van der Waals surface area contributed by atoms with Gasteiger partial charge in [0, 0.05) is 50.0 Å². The molecule has 1 aliphatic heterocycles. The van der Waals surface area contributed by atoms with Crippen molar-refractivity contribution >= 4 is 62.4 Å². The second-order valence-corrected chi connectivity index (χ2v) is 10.8. The van der Waals surface area contributed by atoms with E-state index >= 15 is 0 Å². The molecule has 0 bridgehead atoms. The van der Waals surface area contributed by atoms with Crippen LogP contribution in [-0.4, -0.2) is 22.4 Å². The van der Waals surface area contributed by atoms with E-state index in [4.69, 9.17) is 28.2 Å². The van der Waals surface area contributed by atoms with Crippen LogP contribution in [0.4, 0.5) is 5.82 Å². The van der Waals surface area contributed by atoms with Crippen LogP contribution in [0.2, 0.25) is 10.0 Å². The molecule has 1 amide bonds. The molecule has 1 aliphatic carbocycles. The Hall–Kier alpha value is -2.02. The molecule has 1 aromatic carbocycles. The van der Waals surface area contributed by atoms with E-state index < -0.39 is 11.8 Å². The van der Waals surface area contributed by atoms with E-state index in [1.54, 1.807) is 36.5 Å². The van der Waals surface area contributed by atoms with Crippen molar-refractivity contribution in [1.29, 1.82) is 0 Å². The summed E-state index contributed by atoms with van der Waals surface area (Å²) in [7, 11) is 0. The zero-order valence-electron chi connectivity index (χ0n) is 17.9. The highest BCUT2D eigenvalue weighted by Gasteiger charge is 2.46. The molecule has 32 heavy (non-hydrogen) atoms. The molecule has 5 nitrogen and oxygen atoms in total. The van der Waals surface area contributed by atoms with E-state index in [-0.39, 0.29) is 17.1 Å². The molecule has 2 atom stereocenters. The van der Waals surface area contributed by atoms with Gasteiger partial charge in [-0.15, -0.1) is 0 Å². The number of ketones is 1. The van der Waals surface area contributed by atoms with Crippen molar-refractivity contribution in [2.45, 2.75) is 39.5 Å². The molecule has 1 N–H and O–H groups in total. The number of carbonyl (C=O) groups excluding carboxylic acids is 2. The first kappa shape index (κ1) is 23.1. The van der Waals surface area contributed by atoms with Crippen LogP contribution in [0.25, 0.3) is 0 Å². The van der Waals surface area contributed by atoms with Gasteiger partial charge in [0.15, 0.2) is 5.78 Å². The Morgan fingerprint density at radius 3 is 2.59 bits per heavy atom. The van der Waals surface area contributed by atoms with E-state index in [0.717, 1.165) is 10.2 Å². The van der Waals surface area contributed by atoms with E-state index in [0.29, 0.717) is 45.6 Å². The molecule has 1 aromatic heterocycles. The number of anilines is 1. The normalized spacial score (nSPS) is 22.3.